The van der Waals surface area contributed by atoms with Crippen LogP contribution in [0.2, 0.25) is 0 Å². The van der Waals surface area contributed by atoms with Crippen LogP contribution in [0.4, 0.5) is 11.4 Å². The number of esters is 1. The number of aromatic amines is 1. The highest BCUT2D eigenvalue weighted by Crippen LogP contribution is 2.33. The Labute approximate surface area is 139 Å². The number of non-ortho nitro benzene ring substituents is 1. The van der Waals surface area contributed by atoms with Gasteiger partial charge in [0.15, 0.2) is 0 Å². The number of benzene rings is 1. The molecule has 7 heteroatoms. The van der Waals surface area contributed by atoms with Gasteiger partial charge in [0.25, 0.3) is 5.69 Å². The van der Waals surface area contributed by atoms with E-state index in [9.17, 15) is 14.9 Å². The molecule has 0 aliphatic heterocycles. The van der Waals surface area contributed by atoms with Crippen molar-refractivity contribution >= 4 is 28.2 Å². The normalized spacial score (nSPS) is 15.4. The van der Waals surface area contributed by atoms with Crippen molar-refractivity contribution in [2.24, 2.45) is 0 Å². The minimum Gasteiger partial charge on any atom is -0.461 e. The minimum atomic E-state index is -0.508. The molecule has 7 nitrogen and oxygen atoms in total. The molecular formula is C17H21N3O4. The Bertz CT molecular complexity index is 763. The average molecular weight is 331 g/mol. The number of carbonyl (C=O) groups excluding carboxylic acids is 1. The first-order valence-corrected chi connectivity index (χ1v) is 8.34. The lowest BCUT2D eigenvalue weighted by molar-refractivity contribution is -0.383. The first-order chi connectivity index (χ1) is 11.6. The number of nitro benzene ring substituents is 1. The van der Waals surface area contributed by atoms with E-state index in [2.05, 4.69) is 10.3 Å². The number of nitrogens with zero attached hydrogens (tertiary/aromatic N) is 1. The van der Waals surface area contributed by atoms with E-state index in [1.807, 2.05) is 0 Å². The number of rotatable bonds is 5. The number of H-pyrrole nitrogens is 1. The number of ether oxygens (including phenoxy) is 1. The van der Waals surface area contributed by atoms with Crippen LogP contribution >= 0.6 is 0 Å². The van der Waals surface area contributed by atoms with E-state index in [0.717, 1.165) is 18.5 Å². The molecule has 0 bridgehead atoms. The van der Waals surface area contributed by atoms with Crippen molar-refractivity contribution in [3.63, 3.8) is 0 Å². The van der Waals surface area contributed by atoms with Crippen LogP contribution in [0.1, 0.15) is 49.5 Å². The van der Waals surface area contributed by atoms with E-state index < -0.39 is 10.9 Å². The summed E-state index contributed by atoms with van der Waals surface area (Å²) in [5.41, 5.74) is 1.35. The maximum Gasteiger partial charge on any atom is 0.354 e. The van der Waals surface area contributed by atoms with Gasteiger partial charge >= 0.3 is 5.97 Å². The van der Waals surface area contributed by atoms with Crippen LogP contribution in [0.5, 0.6) is 0 Å². The molecule has 0 amide bonds. The van der Waals surface area contributed by atoms with Crippen LogP contribution < -0.4 is 5.32 Å². The summed E-state index contributed by atoms with van der Waals surface area (Å²) in [4.78, 5) is 25.6. The molecule has 0 saturated heterocycles. The molecule has 1 aliphatic rings. The Morgan fingerprint density at radius 3 is 2.79 bits per heavy atom. The molecular weight excluding hydrogens is 310 g/mol. The van der Waals surface area contributed by atoms with Crippen molar-refractivity contribution in [1.82, 2.24) is 4.98 Å². The molecule has 1 aliphatic carbocycles. The summed E-state index contributed by atoms with van der Waals surface area (Å²) in [7, 11) is 0. The number of fused-ring (bicyclic) bond motifs is 1. The van der Waals surface area contributed by atoms with Gasteiger partial charge in [0.2, 0.25) is 0 Å². The molecule has 1 heterocycles. The molecule has 1 saturated carbocycles. The van der Waals surface area contributed by atoms with Gasteiger partial charge in [-0.15, -0.1) is 0 Å². The summed E-state index contributed by atoms with van der Waals surface area (Å²) in [5, 5.41) is 15.4. The van der Waals surface area contributed by atoms with Gasteiger partial charge in [0, 0.05) is 23.2 Å². The molecule has 128 valence electrons. The molecule has 3 rings (SSSR count). The third-order valence-electron chi connectivity index (χ3n) is 4.43. The van der Waals surface area contributed by atoms with E-state index in [4.69, 9.17) is 4.74 Å². The van der Waals surface area contributed by atoms with Crippen LogP contribution in [-0.4, -0.2) is 28.5 Å². The summed E-state index contributed by atoms with van der Waals surface area (Å²) in [6.07, 6.45) is 5.82. The van der Waals surface area contributed by atoms with Crippen molar-refractivity contribution in [2.75, 3.05) is 11.9 Å². The zero-order valence-corrected chi connectivity index (χ0v) is 13.6. The second-order valence-electron chi connectivity index (χ2n) is 6.06. The van der Waals surface area contributed by atoms with Crippen LogP contribution in [0, 0.1) is 10.1 Å². The number of carbonyl (C=O) groups is 1. The van der Waals surface area contributed by atoms with Gasteiger partial charge in [-0.25, -0.2) is 4.79 Å². The van der Waals surface area contributed by atoms with E-state index in [0.29, 0.717) is 16.9 Å². The van der Waals surface area contributed by atoms with Gasteiger partial charge in [-0.05, 0) is 31.9 Å². The standard InChI is InChI=1S/C17H21N3O4/c1-2-24-17(21)14-10-12-13(18-11-6-4-3-5-7-11)8-9-15(20(22)23)16(12)19-14/h8-11,18-19H,2-7H2,1H3. The largest absolute Gasteiger partial charge is 0.461 e. The van der Waals surface area contributed by atoms with E-state index in [1.165, 1.54) is 25.3 Å². The Hall–Kier alpha value is -2.57. The topological polar surface area (TPSA) is 97.3 Å². The Morgan fingerprint density at radius 2 is 2.12 bits per heavy atom. The Balaban J connectivity index is 2.01. The first kappa shape index (κ1) is 16.3. The van der Waals surface area contributed by atoms with Gasteiger partial charge in [-0.2, -0.15) is 0 Å². The van der Waals surface area contributed by atoms with E-state index in [-0.39, 0.29) is 18.0 Å². The number of anilines is 1. The highest BCUT2D eigenvalue weighted by atomic mass is 16.6. The number of hydrogen-bond acceptors (Lipinski definition) is 5. The molecule has 24 heavy (non-hydrogen) atoms. The first-order valence-electron chi connectivity index (χ1n) is 8.34. The number of aromatic nitrogens is 1. The van der Waals surface area contributed by atoms with Crippen molar-refractivity contribution in [2.45, 2.75) is 45.1 Å². The van der Waals surface area contributed by atoms with Crippen LogP contribution in [0.25, 0.3) is 10.9 Å². The lowest BCUT2D eigenvalue weighted by atomic mass is 9.95. The lowest BCUT2D eigenvalue weighted by Gasteiger charge is -2.24. The van der Waals surface area contributed by atoms with Gasteiger partial charge in [0.05, 0.1) is 11.5 Å². The highest BCUT2D eigenvalue weighted by molar-refractivity contribution is 6.03. The van der Waals surface area contributed by atoms with Crippen molar-refractivity contribution in [3.05, 3.63) is 34.0 Å². The van der Waals surface area contributed by atoms with Crippen LogP contribution in [0.15, 0.2) is 18.2 Å². The third kappa shape index (κ3) is 3.20. The lowest BCUT2D eigenvalue weighted by Crippen LogP contribution is -2.22. The summed E-state index contributed by atoms with van der Waals surface area (Å²) < 4.78 is 4.99. The molecule has 1 aromatic carbocycles. The smallest absolute Gasteiger partial charge is 0.354 e. The zero-order chi connectivity index (χ0) is 17.1. The number of nitro groups is 1. The second-order valence-corrected chi connectivity index (χ2v) is 6.06. The average Bonchev–Trinajstić information content (AvgIpc) is 3.01. The summed E-state index contributed by atoms with van der Waals surface area (Å²) in [6, 6.07) is 5.19. The van der Waals surface area contributed by atoms with Gasteiger partial charge in [0.1, 0.15) is 11.2 Å². The predicted molar refractivity (Wildman–Crippen MR) is 91.4 cm³/mol. The maximum absolute atomic E-state index is 12.0. The molecule has 2 aromatic rings. The van der Waals surface area contributed by atoms with Crippen molar-refractivity contribution in [3.8, 4) is 0 Å². The maximum atomic E-state index is 12.0. The Morgan fingerprint density at radius 1 is 1.38 bits per heavy atom. The van der Waals surface area contributed by atoms with Crippen LogP contribution in [0.3, 0.4) is 0 Å². The SMILES string of the molecule is CCOC(=O)c1cc2c(NC3CCCCC3)ccc([N+](=O)[O-])c2[nH]1. The fourth-order valence-electron chi connectivity index (χ4n) is 3.27. The molecule has 0 spiro atoms. The molecule has 2 N–H and O–H groups in total. The summed E-state index contributed by atoms with van der Waals surface area (Å²) >= 11 is 0. The Kier molecular flexibility index (Phi) is 4.69. The number of hydrogen-bond donors (Lipinski definition) is 2. The van der Waals surface area contributed by atoms with Crippen LogP contribution in [-0.2, 0) is 4.74 Å². The third-order valence-corrected chi connectivity index (χ3v) is 4.43. The van der Waals surface area contributed by atoms with Gasteiger partial charge in [-0.3, -0.25) is 10.1 Å². The molecule has 0 unspecified atom stereocenters. The summed E-state index contributed by atoms with van der Waals surface area (Å²) in [5.74, 6) is -0.508. The van der Waals surface area contributed by atoms with E-state index >= 15 is 0 Å². The fourth-order valence-corrected chi connectivity index (χ4v) is 3.27. The van der Waals surface area contributed by atoms with Crippen molar-refractivity contribution in [1.29, 1.82) is 0 Å². The zero-order valence-electron chi connectivity index (χ0n) is 13.6. The molecule has 0 atom stereocenters. The second kappa shape index (κ2) is 6.90. The quantitative estimate of drug-likeness (QED) is 0.490. The fraction of sp³-hybridized carbons (Fsp3) is 0.471. The van der Waals surface area contributed by atoms with Crippen molar-refractivity contribution < 1.29 is 14.5 Å². The summed E-state index contributed by atoms with van der Waals surface area (Å²) in [6.45, 7) is 1.97. The minimum absolute atomic E-state index is 0.0465. The van der Waals surface area contributed by atoms with Gasteiger partial charge in [-0.1, -0.05) is 19.3 Å². The predicted octanol–water partition coefficient (Wildman–Crippen LogP) is 4.00. The number of nitrogens with one attached hydrogen (secondary N) is 2. The van der Waals surface area contributed by atoms with Gasteiger partial charge < -0.3 is 15.0 Å². The van der Waals surface area contributed by atoms with E-state index in [1.54, 1.807) is 19.1 Å². The molecule has 1 aromatic heterocycles. The molecule has 1 fully saturated rings. The highest BCUT2D eigenvalue weighted by Gasteiger charge is 2.22. The molecule has 0 radical (unpaired) electrons. The monoisotopic (exact) mass is 331 g/mol.